The first-order chi connectivity index (χ1) is 18.2. The Morgan fingerprint density at radius 1 is 0.579 bits per heavy atom. The number of rotatable bonds is 14. The number of carbonyl (C=O) groups excluding carboxylic acids is 2. The lowest BCUT2D eigenvalue weighted by Crippen LogP contribution is -2.29. The van der Waals surface area contributed by atoms with Crippen molar-refractivity contribution in [2.24, 2.45) is 10.8 Å². The molecule has 38 heavy (non-hydrogen) atoms. The number of benzene rings is 3. The minimum Gasteiger partial charge on any atom is -0.426 e. The van der Waals surface area contributed by atoms with E-state index in [0.29, 0.717) is 11.5 Å². The van der Waals surface area contributed by atoms with E-state index in [0.717, 1.165) is 35.9 Å². The SMILES string of the molecule is CC(C)(CCSCc1ccc(CSCCC(C)(C)C(=O)Oc2ccccc2)cc1)C(=O)Oc1ccccc1. The Kier molecular flexibility index (Phi) is 11.4. The highest BCUT2D eigenvalue weighted by atomic mass is 32.2. The van der Waals surface area contributed by atoms with Crippen LogP contribution in [0.15, 0.2) is 84.9 Å². The maximum atomic E-state index is 12.6. The maximum Gasteiger partial charge on any atom is 0.316 e. The van der Waals surface area contributed by atoms with Crippen molar-refractivity contribution in [2.75, 3.05) is 11.5 Å². The molecular formula is C32H38O4S2. The van der Waals surface area contributed by atoms with Crippen LogP contribution in [0, 0.1) is 10.8 Å². The van der Waals surface area contributed by atoms with Crippen LogP contribution < -0.4 is 9.47 Å². The van der Waals surface area contributed by atoms with Crippen molar-refractivity contribution < 1.29 is 19.1 Å². The molecule has 0 aliphatic heterocycles. The summed E-state index contributed by atoms with van der Waals surface area (Å²) < 4.78 is 11.1. The van der Waals surface area contributed by atoms with Gasteiger partial charge in [0.15, 0.2) is 0 Å². The molecule has 0 fully saturated rings. The first-order valence-corrected chi connectivity index (χ1v) is 15.2. The Morgan fingerprint density at radius 3 is 1.26 bits per heavy atom. The Balaban J connectivity index is 1.33. The number of para-hydroxylation sites is 2. The standard InChI is InChI=1S/C32H38O4S2/c1-31(2,29(33)35-27-11-7-5-8-12-27)19-21-37-23-25-15-17-26(18-16-25)24-38-22-20-32(3,4)30(34)36-28-13-9-6-10-14-28/h5-18H,19-24H2,1-4H3. The first-order valence-electron chi connectivity index (χ1n) is 12.9. The van der Waals surface area contributed by atoms with Crippen molar-refractivity contribution >= 4 is 35.5 Å². The van der Waals surface area contributed by atoms with Gasteiger partial charge >= 0.3 is 11.9 Å². The second-order valence-corrected chi connectivity index (χ2v) is 12.8. The van der Waals surface area contributed by atoms with Gasteiger partial charge in [0, 0.05) is 11.5 Å². The number of ether oxygens (including phenoxy) is 2. The Hall–Kier alpha value is -2.70. The normalized spacial score (nSPS) is 11.7. The van der Waals surface area contributed by atoms with Gasteiger partial charge < -0.3 is 9.47 Å². The van der Waals surface area contributed by atoms with Crippen molar-refractivity contribution in [1.82, 2.24) is 0 Å². The molecule has 0 bridgehead atoms. The fourth-order valence-corrected chi connectivity index (χ4v) is 5.89. The number of carbonyl (C=O) groups is 2. The van der Waals surface area contributed by atoms with E-state index in [2.05, 4.69) is 24.3 Å². The van der Waals surface area contributed by atoms with Crippen molar-refractivity contribution in [3.63, 3.8) is 0 Å². The molecule has 0 radical (unpaired) electrons. The zero-order chi connectivity index (χ0) is 27.4. The second kappa shape index (κ2) is 14.5. The third-order valence-corrected chi connectivity index (χ3v) is 8.38. The molecule has 3 aromatic rings. The summed E-state index contributed by atoms with van der Waals surface area (Å²) in [5.41, 5.74) is 1.49. The lowest BCUT2D eigenvalue weighted by atomic mass is 9.90. The van der Waals surface area contributed by atoms with Gasteiger partial charge in [-0.1, -0.05) is 60.7 Å². The monoisotopic (exact) mass is 550 g/mol. The summed E-state index contributed by atoms with van der Waals surface area (Å²) in [4.78, 5) is 25.1. The van der Waals surface area contributed by atoms with Gasteiger partial charge in [-0.25, -0.2) is 0 Å². The third-order valence-electron chi connectivity index (χ3n) is 6.32. The predicted octanol–water partition coefficient (Wildman–Crippen LogP) is 8.20. The van der Waals surface area contributed by atoms with Crippen molar-refractivity contribution in [1.29, 1.82) is 0 Å². The van der Waals surface area contributed by atoms with Gasteiger partial charge in [-0.15, -0.1) is 0 Å². The van der Waals surface area contributed by atoms with Crippen LogP contribution >= 0.6 is 23.5 Å². The quantitative estimate of drug-likeness (QED) is 0.115. The van der Waals surface area contributed by atoms with Crippen LogP contribution in [0.1, 0.15) is 51.7 Å². The lowest BCUT2D eigenvalue weighted by Gasteiger charge is -2.22. The largest absolute Gasteiger partial charge is 0.426 e. The van der Waals surface area contributed by atoms with Gasteiger partial charge in [0.2, 0.25) is 0 Å². The molecule has 0 amide bonds. The number of thioether (sulfide) groups is 2. The summed E-state index contributed by atoms with van der Waals surface area (Å²) in [6, 6.07) is 27.2. The predicted molar refractivity (Wildman–Crippen MR) is 160 cm³/mol. The first kappa shape index (κ1) is 29.9. The minimum atomic E-state index is -0.531. The summed E-state index contributed by atoms with van der Waals surface area (Å²) in [6.45, 7) is 7.77. The Bertz CT molecular complexity index is 1050. The van der Waals surface area contributed by atoms with E-state index in [1.54, 1.807) is 24.3 Å². The second-order valence-electron chi connectivity index (χ2n) is 10.6. The van der Waals surface area contributed by atoms with Crippen LogP contribution in [0.5, 0.6) is 11.5 Å². The van der Waals surface area contributed by atoms with E-state index < -0.39 is 10.8 Å². The summed E-state index contributed by atoms with van der Waals surface area (Å²) in [5.74, 6) is 4.39. The Morgan fingerprint density at radius 2 is 0.921 bits per heavy atom. The molecule has 6 heteroatoms. The molecule has 0 heterocycles. The molecule has 0 N–H and O–H groups in total. The van der Waals surface area contributed by atoms with E-state index in [1.165, 1.54) is 11.1 Å². The van der Waals surface area contributed by atoms with Crippen LogP contribution in [0.3, 0.4) is 0 Å². The van der Waals surface area contributed by atoms with Crippen molar-refractivity contribution in [3.05, 3.63) is 96.1 Å². The van der Waals surface area contributed by atoms with E-state index >= 15 is 0 Å². The molecular weight excluding hydrogens is 512 g/mol. The summed E-state index contributed by atoms with van der Waals surface area (Å²) in [7, 11) is 0. The van der Waals surface area contributed by atoms with Gasteiger partial charge in [-0.3, -0.25) is 9.59 Å². The molecule has 0 saturated carbocycles. The average molecular weight is 551 g/mol. The number of hydrogen-bond donors (Lipinski definition) is 0. The van der Waals surface area contributed by atoms with Gasteiger partial charge in [0.25, 0.3) is 0 Å². The highest BCUT2D eigenvalue weighted by Crippen LogP contribution is 2.29. The molecule has 3 rings (SSSR count). The molecule has 0 aliphatic carbocycles. The highest BCUT2D eigenvalue weighted by Gasteiger charge is 2.30. The molecule has 202 valence electrons. The van der Waals surface area contributed by atoms with Crippen LogP contribution in [0.25, 0.3) is 0 Å². The van der Waals surface area contributed by atoms with Gasteiger partial charge in [-0.2, -0.15) is 23.5 Å². The number of hydrogen-bond acceptors (Lipinski definition) is 6. The third kappa shape index (κ3) is 9.88. The van der Waals surface area contributed by atoms with E-state index in [1.807, 2.05) is 87.6 Å². The van der Waals surface area contributed by atoms with E-state index in [9.17, 15) is 9.59 Å². The summed E-state index contributed by atoms with van der Waals surface area (Å²) in [5, 5.41) is 0. The Labute approximate surface area is 235 Å². The van der Waals surface area contributed by atoms with Crippen LogP contribution in [0.2, 0.25) is 0 Å². The van der Waals surface area contributed by atoms with Crippen molar-refractivity contribution in [3.8, 4) is 11.5 Å². The zero-order valence-corrected chi connectivity index (χ0v) is 24.4. The van der Waals surface area contributed by atoms with E-state index in [-0.39, 0.29) is 11.9 Å². The molecule has 0 unspecified atom stereocenters. The summed E-state index contributed by atoms with van der Waals surface area (Å²) >= 11 is 3.67. The maximum absolute atomic E-state index is 12.6. The van der Waals surface area contributed by atoms with E-state index in [4.69, 9.17) is 9.47 Å². The molecule has 0 aliphatic rings. The molecule has 4 nitrogen and oxygen atoms in total. The van der Waals surface area contributed by atoms with Crippen molar-refractivity contribution in [2.45, 2.75) is 52.0 Å². The summed E-state index contributed by atoms with van der Waals surface area (Å²) in [6.07, 6.45) is 1.51. The topological polar surface area (TPSA) is 52.6 Å². The highest BCUT2D eigenvalue weighted by molar-refractivity contribution is 7.98. The van der Waals surface area contributed by atoms with Gasteiger partial charge in [0.1, 0.15) is 11.5 Å². The number of esters is 2. The molecule has 0 spiro atoms. The average Bonchev–Trinajstić information content (AvgIpc) is 2.91. The molecule has 0 saturated heterocycles. The van der Waals surface area contributed by atoms with Gasteiger partial charge in [0.05, 0.1) is 10.8 Å². The lowest BCUT2D eigenvalue weighted by molar-refractivity contribution is -0.144. The van der Waals surface area contributed by atoms with Crippen LogP contribution in [-0.4, -0.2) is 23.4 Å². The van der Waals surface area contributed by atoms with Crippen LogP contribution in [-0.2, 0) is 21.1 Å². The zero-order valence-electron chi connectivity index (χ0n) is 22.8. The van der Waals surface area contributed by atoms with Crippen LogP contribution in [0.4, 0.5) is 0 Å². The van der Waals surface area contributed by atoms with Gasteiger partial charge in [-0.05, 0) is 87.4 Å². The molecule has 0 atom stereocenters. The fourth-order valence-electron chi connectivity index (χ4n) is 3.44. The minimum absolute atomic E-state index is 0.192. The smallest absolute Gasteiger partial charge is 0.316 e. The molecule has 3 aromatic carbocycles. The fraction of sp³-hybridized carbons (Fsp3) is 0.375. The molecule has 0 aromatic heterocycles.